The van der Waals surface area contributed by atoms with Crippen LogP contribution in [0.15, 0.2) is 78.4 Å². The van der Waals surface area contributed by atoms with Crippen molar-refractivity contribution in [3.05, 3.63) is 101 Å². The van der Waals surface area contributed by atoms with Crippen LogP contribution in [0.25, 0.3) is 6.08 Å². The van der Waals surface area contributed by atoms with Gasteiger partial charge in [0.25, 0.3) is 5.91 Å². The first-order valence-electron chi connectivity index (χ1n) is 10.9. The molecule has 0 unspecified atom stereocenters. The molecule has 1 saturated heterocycles. The minimum atomic E-state index is -0.710. The summed E-state index contributed by atoms with van der Waals surface area (Å²) in [6.45, 7) is 7.92. The van der Waals surface area contributed by atoms with E-state index in [9.17, 15) is 9.59 Å². The third kappa shape index (κ3) is 4.09. The highest BCUT2D eigenvalue weighted by Gasteiger charge is 2.42. The fourth-order valence-electron chi connectivity index (χ4n) is 4.40. The molecule has 0 spiro atoms. The van der Waals surface area contributed by atoms with Gasteiger partial charge in [-0.2, -0.15) is 0 Å². The lowest BCUT2D eigenvalue weighted by atomic mass is 9.97. The Bertz CT molecular complexity index is 1160. The summed E-state index contributed by atoms with van der Waals surface area (Å²) in [4.78, 5) is 30.8. The Labute approximate surface area is 189 Å². The minimum absolute atomic E-state index is 0.0213. The maximum Gasteiger partial charge on any atom is 0.254 e. The van der Waals surface area contributed by atoms with Crippen LogP contribution < -0.4 is 9.80 Å². The maximum atomic E-state index is 13.9. The van der Waals surface area contributed by atoms with Crippen molar-refractivity contribution < 1.29 is 9.59 Å². The lowest BCUT2D eigenvalue weighted by Gasteiger charge is -2.41. The predicted molar refractivity (Wildman–Crippen MR) is 131 cm³/mol. The molecule has 1 fully saturated rings. The standard InChI is InChI=1S/C28H28N2O2/c1-19-13-15-24(16-14-19)30-25(31)18-29(26-20(2)9-8-10-21(26)3)28(32)27(30)22(4)17-23-11-6-5-7-12-23/h5-17,27H,18H2,1-4H3/b22-17+/t27-/m1/s1. The number of aryl methyl sites for hydroxylation is 3. The zero-order valence-electron chi connectivity index (χ0n) is 19.0. The van der Waals surface area contributed by atoms with Crippen LogP contribution in [0.4, 0.5) is 11.4 Å². The smallest absolute Gasteiger partial charge is 0.254 e. The molecule has 0 radical (unpaired) electrons. The van der Waals surface area contributed by atoms with E-state index in [1.165, 1.54) is 0 Å². The number of carbonyl (C=O) groups excluding carboxylic acids is 2. The molecule has 0 bridgehead atoms. The lowest BCUT2D eigenvalue weighted by Crippen LogP contribution is -2.61. The van der Waals surface area contributed by atoms with Gasteiger partial charge in [0.05, 0.1) is 5.69 Å². The number of piperazine rings is 1. The molecule has 4 rings (SSSR count). The third-order valence-corrected chi connectivity index (χ3v) is 5.97. The second-order valence-corrected chi connectivity index (χ2v) is 8.47. The minimum Gasteiger partial charge on any atom is -0.300 e. The number of carbonyl (C=O) groups is 2. The molecule has 2 amide bonds. The Morgan fingerprint density at radius 1 is 0.844 bits per heavy atom. The van der Waals surface area contributed by atoms with Gasteiger partial charge >= 0.3 is 0 Å². The quantitative estimate of drug-likeness (QED) is 0.558. The zero-order valence-corrected chi connectivity index (χ0v) is 19.0. The van der Waals surface area contributed by atoms with Gasteiger partial charge in [0.2, 0.25) is 5.91 Å². The van der Waals surface area contributed by atoms with Gasteiger partial charge in [0.15, 0.2) is 0 Å². The summed E-state index contributed by atoms with van der Waals surface area (Å²) in [6, 6.07) is 22.9. The summed E-state index contributed by atoms with van der Waals surface area (Å²) in [5, 5.41) is 0. The Hall–Kier alpha value is -3.66. The summed E-state index contributed by atoms with van der Waals surface area (Å²) in [7, 11) is 0. The summed E-state index contributed by atoms with van der Waals surface area (Å²) < 4.78 is 0. The van der Waals surface area contributed by atoms with E-state index >= 15 is 0 Å². The molecule has 32 heavy (non-hydrogen) atoms. The molecule has 0 aromatic heterocycles. The third-order valence-electron chi connectivity index (χ3n) is 5.97. The molecule has 0 N–H and O–H groups in total. The van der Waals surface area contributed by atoms with Crippen LogP contribution in [-0.4, -0.2) is 24.4 Å². The molecular formula is C28H28N2O2. The largest absolute Gasteiger partial charge is 0.300 e. The van der Waals surface area contributed by atoms with E-state index in [0.717, 1.165) is 39.2 Å². The summed E-state index contributed by atoms with van der Waals surface area (Å²) in [6.07, 6.45) is 1.99. The molecule has 4 nitrogen and oxygen atoms in total. The van der Waals surface area contributed by atoms with E-state index in [1.807, 2.05) is 107 Å². The summed E-state index contributed by atoms with van der Waals surface area (Å²) >= 11 is 0. The molecule has 1 atom stereocenters. The molecule has 0 aliphatic carbocycles. The Morgan fingerprint density at radius 2 is 1.47 bits per heavy atom. The van der Waals surface area contributed by atoms with Crippen molar-refractivity contribution in [3.63, 3.8) is 0 Å². The first-order valence-corrected chi connectivity index (χ1v) is 10.9. The van der Waals surface area contributed by atoms with Crippen molar-refractivity contribution in [1.29, 1.82) is 0 Å². The molecule has 4 heteroatoms. The first-order chi connectivity index (χ1) is 15.4. The normalized spacial score (nSPS) is 17.1. The molecule has 3 aromatic carbocycles. The number of nitrogens with zero attached hydrogens (tertiary/aromatic N) is 2. The van der Waals surface area contributed by atoms with Crippen LogP contribution in [0.2, 0.25) is 0 Å². The monoisotopic (exact) mass is 424 g/mol. The van der Waals surface area contributed by atoms with E-state index in [-0.39, 0.29) is 18.4 Å². The molecule has 0 saturated carbocycles. The highest BCUT2D eigenvalue weighted by Crippen LogP contribution is 2.33. The highest BCUT2D eigenvalue weighted by atomic mass is 16.2. The SMILES string of the molecule is C/C(=C\c1ccccc1)[C@@H]1C(=O)N(c2c(C)cccc2C)CC(=O)N1c1ccc(C)cc1. The van der Waals surface area contributed by atoms with Crippen LogP contribution >= 0.6 is 0 Å². The van der Waals surface area contributed by atoms with E-state index in [4.69, 9.17) is 0 Å². The van der Waals surface area contributed by atoms with Gasteiger partial charge in [-0.25, -0.2) is 0 Å². The second-order valence-electron chi connectivity index (χ2n) is 8.47. The lowest BCUT2D eigenvalue weighted by molar-refractivity contribution is -0.127. The van der Waals surface area contributed by atoms with E-state index in [0.29, 0.717) is 0 Å². The fourth-order valence-corrected chi connectivity index (χ4v) is 4.40. The van der Waals surface area contributed by atoms with Crippen molar-refractivity contribution in [3.8, 4) is 0 Å². The van der Waals surface area contributed by atoms with E-state index in [1.54, 1.807) is 9.80 Å². The molecular weight excluding hydrogens is 396 g/mol. The Kier molecular flexibility index (Phi) is 5.95. The van der Waals surface area contributed by atoms with Gasteiger partial charge in [-0.15, -0.1) is 0 Å². The van der Waals surface area contributed by atoms with Gasteiger partial charge < -0.3 is 4.90 Å². The predicted octanol–water partition coefficient (Wildman–Crippen LogP) is 5.46. The highest BCUT2D eigenvalue weighted by molar-refractivity contribution is 6.16. The van der Waals surface area contributed by atoms with Gasteiger partial charge in [-0.1, -0.05) is 72.3 Å². The van der Waals surface area contributed by atoms with Crippen LogP contribution in [-0.2, 0) is 9.59 Å². The van der Waals surface area contributed by atoms with Crippen molar-refractivity contribution in [2.45, 2.75) is 33.7 Å². The number of hydrogen-bond acceptors (Lipinski definition) is 2. The van der Waals surface area contributed by atoms with Crippen LogP contribution in [0, 0.1) is 20.8 Å². The average Bonchev–Trinajstić information content (AvgIpc) is 2.77. The molecule has 3 aromatic rings. The molecule has 1 aliphatic heterocycles. The number of anilines is 2. The maximum absolute atomic E-state index is 13.9. The topological polar surface area (TPSA) is 40.6 Å². The number of hydrogen-bond donors (Lipinski definition) is 0. The zero-order chi connectivity index (χ0) is 22.8. The number of benzene rings is 3. The van der Waals surface area contributed by atoms with Crippen LogP contribution in [0.1, 0.15) is 29.2 Å². The average molecular weight is 425 g/mol. The van der Waals surface area contributed by atoms with Crippen LogP contribution in [0.3, 0.4) is 0 Å². The molecule has 1 heterocycles. The second kappa shape index (κ2) is 8.83. The summed E-state index contributed by atoms with van der Waals surface area (Å²) in [5.74, 6) is -0.186. The van der Waals surface area contributed by atoms with Crippen molar-refractivity contribution in [1.82, 2.24) is 0 Å². The van der Waals surface area contributed by atoms with E-state index in [2.05, 4.69) is 0 Å². The number of amides is 2. The molecule has 162 valence electrons. The number of para-hydroxylation sites is 1. The van der Waals surface area contributed by atoms with Gasteiger partial charge in [-0.3, -0.25) is 14.5 Å². The fraction of sp³-hybridized carbons (Fsp3) is 0.214. The van der Waals surface area contributed by atoms with Gasteiger partial charge in [0, 0.05) is 5.69 Å². The van der Waals surface area contributed by atoms with Crippen molar-refractivity contribution in [2.24, 2.45) is 0 Å². The van der Waals surface area contributed by atoms with Gasteiger partial charge in [0.1, 0.15) is 12.6 Å². The van der Waals surface area contributed by atoms with Crippen molar-refractivity contribution in [2.75, 3.05) is 16.3 Å². The van der Waals surface area contributed by atoms with Crippen LogP contribution in [0.5, 0.6) is 0 Å². The summed E-state index contributed by atoms with van der Waals surface area (Å²) in [5.41, 5.74) is 6.46. The molecule has 1 aliphatic rings. The van der Waals surface area contributed by atoms with Crippen molar-refractivity contribution >= 4 is 29.3 Å². The Balaban J connectivity index is 1.83. The first kappa shape index (κ1) is 21.6. The Morgan fingerprint density at radius 3 is 2.09 bits per heavy atom. The number of rotatable bonds is 4. The van der Waals surface area contributed by atoms with Gasteiger partial charge in [-0.05, 0) is 62.1 Å². The van der Waals surface area contributed by atoms with E-state index < -0.39 is 6.04 Å².